The van der Waals surface area contributed by atoms with Crippen LogP contribution in [0.1, 0.15) is 6.92 Å². The van der Waals surface area contributed by atoms with E-state index in [1.165, 1.54) is 0 Å². The number of rotatable bonds is 5. The van der Waals surface area contributed by atoms with Crippen molar-refractivity contribution in [1.82, 2.24) is 9.97 Å². The fourth-order valence-electron chi connectivity index (χ4n) is 2.39. The Morgan fingerprint density at radius 1 is 0.958 bits per heavy atom. The molecule has 1 atom stereocenters. The minimum absolute atomic E-state index is 0.294. The summed E-state index contributed by atoms with van der Waals surface area (Å²) in [4.78, 5) is 8.34. The van der Waals surface area contributed by atoms with Gasteiger partial charge in [0.25, 0.3) is 0 Å². The van der Waals surface area contributed by atoms with Gasteiger partial charge in [-0.15, -0.1) is 0 Å². The molecule has 0 aliphatic rings. The van der Waals surface area contributed by atoms with E-state index in [0.29, 0.717) is 29.2 Å². The highest BCUT2D eigenvalue weighted by Gasteiger charge is 2.12. The molecule has 0 aliphatic heterocycles. The molecule has 0 unspecified atom stereocenters. The predicted molar refractivity (Wildman–Crippen MR) is 93.0 cm³/mol. The van der Waals surface area contributed by atoms with Gasteiger partial charge in [0.1, 0.15) is 5.82 Å². The van der Waals surface area contributed by atoms with E-state index in [-0.39, 0.29) is 5.82 Å². The second-order valence-electron chi connectivity index (χ2n) is 5.56. The molecule has 0 amide bonds. The first-order valence-corrected chi connectivity index (χ1v) is 7.73. The minimum atomic E-state index is -0.492. The van der Waals surface area contributed by atoms with Crippen LogP contribution >= 0.6 is 0 Å². The lowest BCUT2D eigenvalue weighted by atomic mass is 9.99. The predicted octanol–water partition coefficient (Wildman–Crippen LogP) is 3.74. The Morgan fingerprint density at radius 2 is 1.58 bits per heavy atom. The van der Waals surface area contributed by atoms with Crippen LogP contribution in [0.25, 0.3) is 22.3 Å². The quantitative estimate of drug-likeness (QED) is 0.751. The monoisotopic (exact) mass is 323 g/mol. The summed E-state index contributed by atoms with van der Waals surface area (Å²) >= 11 is 0. The fraction of sp³-hybridized carbons (Fsp3) is 0.158. The van der Waals surface area contributed by atoms with Gasteiger partial charge in [0.05, 0.1) is 6.10 Å². The molecule has 0 saturated carbocycles. The molecule has 2 aromatic carbocycles. The first-order valence-electron chi connectivity index (χ1n) is 7.73. The normalized spacial score (nSPS) is 12.0. The van der Waals surface area contributed by atoms with E-state index in [1.54, 1.807) is 31.5 Å². The summed E-state index contributed by atoms with van der Waals surface area (Å²) in [5, 5.41) is 12.2. The number of benzene rings is 2. The molecule has 0 spiro atoms. The van der Waals surface area contributed by atoms with Crippen LogP contribution in [0.4, 0.5) is 10.3 Å². The molecule has 0 fully saturated rings. The van der Waals surface area contributed by atoms with Crippen LogP contribution < -0.4 is 5.32 Å². The van der Waals surface area contributed by atoms with E-state index in [1.807, 2.05) is 36.4 Å². The zero-order chi connectivity index (χ0) is 16.9. The molecule has 0 saturated heterocycles. The number of nitrogens with zero attached hydrogens (tertiary/aromatic N) is 2. The van der Waals surface area contributed by atoms with Gasteiger partial charge >= 0.3 is 0 Å². The molecule has 2 N–H and O–H groups in total. The van der Waals surface area contributed by atoms with E-state index >= 15 is 0 Å². The molecule has 0 radical (unpaired) electrons. The lowest BCUT2D eigenvalue weighted by Gasteiger charge is -2.10. The van der Waals surface area contributed by atoms with Crippen LogP contribution in [0.3, 0.4) is 0 Å². The lowest BCUT2D eigenvalue weighted by molar-refractivity contribution is 0.208. The van der Waals surface area contributed by atoms with Gasteiger partial charge in [0.2, 0.25) is 5.95 Å². The summed E-state index contributed by atoms with van der Waals surface area (Å²) < 4.78 is 14.9. The third kappa shape index (κ3) is 3.58. The average molecular weight is 323 g/mol. The first kappa shape index (κ1) is 16.1. The van der Waals surface area contributed by atoms with Crippen LogP contribution in [-0.4, -0.2) is 27.7 Å². The molecule has 4 nitrogen and oxygen atoms in total. The summed E-state index contributed by atoms with van der Waals surface area (Å²) in [7, 11) is 0. The molecule has 0 bridgehead atoms. The molecule has 3 rings (SSSR count). The molecule has 0 aliphatic carbocycles. The first-order chi connectivity index (χ1) is 11.6. The van der Waals surface area contributed by atoms with Crippen molar-refractivity contribution in [3.8, 4) is 22.3 Å². The van der Waals surface area contributed by atoms with Crippen LogP contribution in [0.15, 0.2) is 60.9 Å². The average Bonchev–Trinajstić information content (AvgIpc) is 2.61. The van der Waals surface area contributed by atoms with Crippen molar-refractivity contribution >= 4 is 5.95 Å². The standard InChI is InChI=1S/C19H18FN3O/c1-13(24)10-21-19-22-11-15(12-23-19)17-9-5-8-16(18(17)20)14-6-3-2-4-7-14/h2-9,11-13,24H,10H2,1H3,(H,21,22,23)/t13-/m1/s1. The van der Waals surface area contributed by atoms with Crippen molar-refractivity contribution in [2.45, 2.75) is 13.0 Å². The highest BCUT2D eigenvalue weighted by Crippen LogP contribution is 2.30. The number of nitrogens with one attached hydrogen (secondary N) is 1. The molecule has 122 valence electrons. The minimum Gasteiger partial charge on any atom is -0.392 e. The fourth-order valence-corrected chi connectivity index (χ4v) is 2.39. The van der Waals surface area contributed by atoms with Gasteiger partial charge in [0, 0.05) is 35.6 Å². The van der Waals surface area contributed by atoms with Crippen LogP contribution in [0.5, 0.6) is 0 Å². The van der Waals surface area contributed by atoms with E-state index in [4.69, 9.17) is 0 Å². The van der Waals surface area contributed by atoms with Gasteiger partial charge in [-0.1, -0.05) is 48.5 Å². The van der Waals surface area contributed by atoms with E-state index in [2.05, 4.69) is 15.3 Å². The van der Waals surface area contributed by atoms with Gasteiger partial charge in [-0.25, -0.2) is 14.4 Å². The lowest BCUT2D eigenvalue weighted by Crippen LogP contribution is -2.16. The third-order valence-corrected chi connectivity index (χ3v) is 3.60. The molecule has 3 aromatic rings. The van der Waals surface area contributed by atoms with E-state index in [0.717, 1.165) is 5.56 Å². The molecule has 1 aromatic heterocycles. The number of hydrogen-bond donors (Lipinski definition) is 2. The van der Waals surface area contributed by atoms with Crippen LogP contribution in [0.2, 0.25) is 0 Å². The van der Waals surface area contributed by atoms with Crippen molar-refractivity contribution in [2.24, 2.45) is 0 Å². The number of hydrogen-bond acceptors (Lipinski definition) is 4. The van der Waals surface area contributed by atoms with Crippen molar-refractivity contribution < 1.29 is 9.50 Å². The highest BCUT2D eigenvalue weighted by molar-refractivity contribution is 5.73. The zero-order valence-electron chi connectivity index (χ0n) is 13.3. The largest absolute Gasteiger partial charge is 0.392 e. The number of aromatic nitrogens is 2. The van der Waals surface area contributed by atoms with Crippen molar-refractivity contribution in [2.75, 3.05) is 11.9 Å². The van der Waals surface area contributed by atoms with Gasteiger partial charge in [-0.2, -0.15) is 0 Å². The van der Waals surface area contributed by atoms with Crippen LogP contribution in [-0.2, 0) is 0 Å². The Labute approximate surface area is 140 Å². The van der Waals surface area contributed by atoms with E-state index < -0.39 is 6.10 Å². The summed E-state index contributed by atoms with van der Waals surface area (Å²) in [6, 6.07) is 14.7. The Balaban J connectivity index is 1.90. The number of halogens is 1. The Kier molecular flexibility index (Phi) is 4.82. The van der Waals surface area contributed by atoms with Gasteiger partial charge in [0.15, 0.2) is 0 Å². The van der Waals surface area contributed by atoms with Gasteiger partial charge in [-0.05, 0) is 12.5 Å². The summed E-state index contributed by atoms with van der Waals surface area (Å²) in [5.74, 6) is 0.108. The van der Waals surface area contributed by atoms with Crippen molar-refractivity contribution in [3.63, 3.8) is 0 Å². The summed E-state index contributed by atoms with van der Waals surface area (Å²) in [6.07, 6.45) is 2.66. The molecular formula is C19H18FN3O. The Hall–Kier alpha value is -2.79. The Morgan fingerprint density at radius 3 is 2.21 bits per heavy atom. The summed E-state index contributed by atoms with van der Waals surface area (Å²) in [5.41, 5.74) is 2.43. The molecule has 24 heavy (non-hydrogen) atoms. The maximum atomic E-state index is 14.9. The van der Waals surface area contributed by atoms with Gasteiger partial charge in [-0.3, -0.25) is 0 Å². The molecule has 1 heterocycles. The highest BCUT2D eigenvalue weighted by atomic mass is 19.1. The van der Waals surface area contributed by atoms with Crippen molar-refractivity contribution in [1.29, 1.82) is 0 Å². The Bertz CT molecular complexity index is 805. The van der Waals surface area contributed by atoms with Gasteiger partial charge < -0.3 is 10.4 Å². The second kappa shape index (κ2) is 7.19. The van der Waals surface area contributed by atoms with E-state index in [9.17, 15) is 9.50 Å². The number of aliphatic hydroxyl groups is 1. The maximum absolute atomic E-state index is 14.9. The molecular weight excluding hydrogens is 305 g/mol. The number of aliphatic hydroxyl groups excluding tert-OH is 1. The zero-order valence-corrected chi connectivity index (χ0v) is 13.3. The molecule has 5 heteroatoms. The maximum Gasteiger partial charge on any atom is 0.222 e. The SMILES string of the molecule is C[C@@H](O)CNc1ncc(-c2cccc(-c3ccccc3)c2F)cn1. The second-order valence-corrected chi connectivity index (χ2v) is 5.56. The smallest absolute Gasteiger partial charge is 0.222 e. The number of anilines is 1. The third-order valence-electron chi connectivity index (χ3n) is 3.60. The topological polar surface area (TPSA) is 58.0 Å². The van der Waals surface area contributed by atoms with Crippen molar-refractivity contribution in [3.05, 3.63) is 66.7 Å². The van der Waals surface area contributed by atoms with Crippen LogP contribution in [0, 0.1) is 5.82 Å². The summed E-state index contributed by atoms with van der Waals surface area (Å²) in [6.45, 7) is 2.03.